The average Bonchev–Trinajstić information content (AvgIpc) is 2.66. The number of carbonyl (C=O) groups is 1. The molecule has 0 heterocycles. The van der Waals surface area contributed by atoms with Crippen molar-refractivity contribution in [3.8, 4) is 22.6 Å². The highest BCUT2D eigenvalue weighted by atomic mass is 79.9. The van der Waals surface area contributed by atoms with E-state index < -0.39 is 0 Å². The summed E-state index contributed by atoms with van der Waals surface area (Å²) < 4.78 is 12.3. The van der Waals surface area contributed by atoms with E-state index in [-0.39, 0.29) is 0 Å². The minimum absolute atomic E-state index is 0.467. The van der Waals surface area contributed by atoms with Crippen molar-refractivity contribution in [3.63, 3.8) is 0 Å². The molecule has 0 aliphatic heterocycles. The lowest BCUT2D eigenvalue weighted by Crippen LogP contribution is -1.98. The smallest absolute Gasteiger partial charge is 0.150 e. The van der Waals surface area contributed by atoms with Gasteiger partial charge in [-0.3, -0.25) is 4.79 Å². The zero-order valence-corrected chi connectivity index (χ0v) is 15.3. The molecule has 0 saturated carbocycles. The van der Waals surface area contributed by atoms with E-state index >= 15 is 0 Å². The van der Waals surface area contributed by atoms with Gasteiger partial charge in [0.05, 0.1) is 11.6 Å². The molecule has 0 atom stereocenters. The molecule has 3 nitrogen and oxygen atoms in total. The fourth-order valence-corrected chi connectivity index (χ4v) is 3.28. The molecule has 0 unspecified atom stereocenters. The molecule has 0 amide bonds. The van der Waals surface area contributed by atoms with Gasteiger partial charge in [-0.2, -0.15) is 0 Å². The van der Waals surface area contributed by atoms with Crippen LogP contribution in [0.5, 0.6) is 11.5 Å². The summed E-state index contributed by atoms with van der Waals surface area (Å²) in [4.78, 5) is 11.2. The molecule has 0 bridgehead atoms. The van der Waals surface area contributed by atoms with Gasteiger partial charge in [-0.05, 0) is 39.7 Å². The Kier molecular flexibility index (Phi) is 5.51. The first kappa shape index (κ1) is 17.2. The van der Waals surface area contributed by atoms with Crippen molar-refractivity contribution in [1.82, 2.24) is 0 Å². The van der Waals surface area contributed by atoms with E-state index in [9.17, 15) is 4.79 Å². The lowest BCUT2D eigenvalue weighted by atomic mass is 10.0. The van der Waals surface area contributed by atoms with Gasteiger partial charge in [0.15, 0.2) is 0 Å². The number of rotatable bonds is 6. The minimum atomic E-state index is 0.467. The molecule has 126 valence electrons. The highest BCUT2D eigenvalue weighted by Crippen LogP contribution is 2.41. The Morgan fingerprint density at radius 3 is 2.40 bits per heavy atom. The Morgan fingerprint density at radius 2 is 1.68 bits per heavy atom. The Bertz CT molecular complexity index is 876. The molecular formula is C21H17BrO3. The Labute approximate surface area is 155 Å². The third-order valence-corrected chi connectivity index (χ3v) is 4.41. The van der Waals surface area contributed by atoms with Gasteiger partial charge in [-0.25, -0.2) is 0 Å². The van der Waals surface area contributed by atoms with Crippen molar-refractivity contribution in [2.45, 2.75) is 6.61 Å². The molecule has 4 heteroatoms. The number of carbonyl (C=O) groups excluding carboxylic acids is 1. The number of hydrogen-bond donors (Lipinski definition) is 0. The minimum Gasteiger partial charge on any atom is -0.495 e. The Morgan fingerprint density at radius 1 is 0.960 bits per heavy atom. The number of para-hydroxylation sites is 1. The predicted octanol–water partition coefficient (Wildman–Crippen LogP) is 5.52. The fourth-order valence-electron chi connectivity index (χ4n) is 2.64. The second-order valence-corrected chi connectivity index (χ2v) is 6.33. The second kappa shape index (κ2) is 7.99. The van der Waals surface area contributed by atoms with Crippen LogP contribution in [0.15, 0.2) is 71.2 Å². The normalized spacial score (nSPS) is 10.3. The maximum atomic E-state index is 11.2. The topological polar surface area (TPSA) is 35.5 Å². The standard InChI is InChI=1S/C21H17BrO3/c1-24-21-18(11-16(13-23)12-19(21)22)17-9-5-6-10-20(17)25-14-15-7-3-2-4-8-15/h2-13H,14H2,1H3. The van der Waals surface area contributed by atoms with E-state index in [1.807, 2.05) is 54.6 Å². The third-order valence-electron chi connectivity index (χ3n) is 3.82. The summed E-state index contributed by atoms with van der Waals surface area (Å²) in [5, 5.41) is 0. The summed E-state index contributed by atoms with van der Waals surface area (Å²) in [5.41, 5.74) is 3.34. The molecule has 0 radical (unpaired) electrons. The van der Waals surface area contributed by atoms with Crippen LogP contribution in [0.1, 0.15) is 15.9 Å². The van der Waals surface area contributed by atoms with Gasteiger partial charge in [0.2, 0.25) is 0 Å². The Balaban J connectivity index is 2.01. The highest BCUT2D eigenvalue weighted by Gasteiger charge is 2.15. The zero-order chi connectivity index (χ0) is 17.6. The molecule has 0 N–H and O–H groups in total. The van der Waals surface area contributed by atoms with Crippen LogP contribution in [0, 0.1) is 0 Å². The molecular weight excluding hydrogens is 380 g/mol. The first-order valence-electron chi connectivity index (χ1n) is 7.81. The molecule has 0 fully saturated rings. The van der Waals surface area contributed by atoms with Crippen molar-refractivity contribution in [1.29, 1.82) is 0 Å². The average molecular weight is 397 g/mol. The quantitative estimate of drug-likeness (QED) is 0.514. The maximum absolute atomic E-state index is 11.2. The molecule has 3 aromatic rings. The van der Waals surface area contributed by atoms with Gasteiger partial charge < -0.3 is 9.47 Å². The maximum Gasteiger partial charge on any atom is 0.150 e. The van der Waals surface area contributed by atoms with Crippen molar-refractivity contribution in [2.24, 2.45) is 0 Å². The van der Waals surface area contributed by atoms with Gasteiger partial charge in [0.1, 0.15) is 24.4 Å². The van der Waals surface area contributed by atoms with Crippen molar-refractivity contribution in [3.05, 3.63) is 82.3 Å². The summed E-state index contributed by atoms with van der Waals surface area (Å²) in [7, 11) is 1.61. The van der Waals surface area contributed by atoms with Crippen molar-refractivity contribution < 1.29 is 14.3 Å². The van der Waals surface area contributed by atoms with Crippen LogP contribution in [0.4, 0.5) is 0 Å². The number of ether oxygens (including phenoxy) is 2. The Hall–Kier alpha value is -2.59. The van der Waals surface area contributed by atoms with E-state index in [0.29, 0.717) is 17.9 Å². The molecule has 0 aliphatic carbocycles. The number of hydrogen-bond acceptors (Lipinski definition) is 3. The molecule has 25 heavy (non-hydrogen) atoms. The SMILES string of the molecule is COc1c(Br)cc(C=O)cc1-c1ccccc1OCc1ccccc1. The first-order valence-corrected chi connectivity index (χ1v) is 8.61. The van der Waals surface area contributed by atoms with Gasteiger partial charge in [0.25, 0.3) is 0 Å². The van der Waals surface area contributed by atoms with Crippen molar-refractivity contribution in [2.75, 3.05) is 7.11 Å². The van der Waals surface area contributed by atoms with E-state index in [1.54, 1.807) is 19.2 Å². The summed E-state index contributed by atoms with van der Waals surface area (Å²) >= 11 is 3.47. The number of aldehydes is 1. The van der Waals surface area contributed by atoms with Gasteiger partial charge in [-0.15, -0.1) is 0 Å². The van der Waals surface area contributed by atoms with Crippen LogP contribution >= 0.6 is 15.9 Å². The van der Waals surface area contributed by atoms with Crippen LogP contribution < -0.4 is 9.47 Å². The van der Waals surface area contributed by atoms with Gasteiger partial charge in [-0.1, -0.05) is 48.5 Å². The fraction of sp³-hybridized carbons (Fsp3) is 0.0952. The molecule has 0 saturated heterocycles. The number of benzene rings is 3. The zero-order valence-electron chi connectivity index (χ0n) is 13.7. The third kappa shape index (κ3) is 3.91. The van der Waals surface area contributed by atoms with Crippen molar-refractivity contribution >= 4 is 22.2 Å². The molecule has 0 aromatic heterocycles. The van der Waals surface area contributed by atoms with Crippen LogP contribution in [0.2, 0.25) is 0 Å². The molecule has 0 spiro atoms. The molecule has 3 aromatic carbocycles. The highest BCUT2D eigenvalue weighted by molar-refractivity contribution is 9.10. The number of methoxy groups -OCH3 is 1. The predicted molar refractivity (Wildman–Crippen MR) is 102 cm³/mol. The second-order valence-electron chi connectivity index (χ2n) is 5.47. The van der Waals surface area contributed by atoms with Crippen LogP contribution in [-0.2, 0) is 6.61 Å². The van der Waals surface area contributed by atoms with Crippen LogP contribution in [0.3, 0.4) is 0 Å². The monoisotopic (exact) mass is 396 g/mol. The lowest BCUT2D eigenvalue weighted by molar-refractivity contribution is 0.112. The summed E-state index contributed by atoms with van der Waals surface area (Å²) in [6, 6.07) is 21.3. The molecule has 3 rings (SSSR count). The van der Waals surface area contributed by atoms with Crippen LogP contribution in [0.25, 0.3) is 11.1 Å². The van der Waals surface area contributed by atoms with E-state index in [0.717, 1.165) is 33.2 Å². The summed E-state index contributed by atoms with van der Waals surface area (Å²) in [6.45, 7) is 0.467. The van der Waals surface area contributed by atoms with Crippen LogP contribution in [-0.4, -0.2) is 13.4 Å². The molecule has 0 aliphatic rings. The van der Waals surface area contributed by atoms with Gasteiger partial charge in [0, 0.05) is 16.7 Å². The number of halogens is 1. The largest absolute Gasteiger partial charge is 0.495 e. The summed E-state index contributed by atoms with van der Waals surface area (Å²) in [5.74, 6) is 1.40. The van der Waals surface area contributed by atoms with Gasteiger partial charge >= 0.3 is 0 Å². The first-order chi connectivity index (χ1) is 12.2. The van der Waals surface area contributed by atoms with E-state index in [4.69, 9.17) is 9.47 Å². The van der Waals surface area contributed by atoms with E-state index in [2.05, 4.69) is 15.9 Å². The summed E-state index contributed by atoms with van der Waals surface area (Å²) in [6.07, 6.45) is 0.821. The van der Waals surface area contributed by atoms with E-state index in [1.165, 1.54) is 0 Å². The lowest BCUT2D eigenvalue weighted by Gasteiger charge is -2.16.